The molecule has 4 nitrogen and oxygen atoms in total. The molecule has 0 bridgehead atoms. The zero-order valence-corrected chi connectivity index (χ0v) is 9.87. The van der Waals surface area contributed by atoms with Gasteiger partial charge >= 0.3 is 5.97 Å². The van der Waals surface area contributed by atoms with Gasteiger partial charge in [-0.25, -0.2) is 4.79 Å². The van der Waals surface area contributed by atoms with Crippen LogP contribution in [0.2, 0.25) is 0 Å². The molecule has 1 rings (SSSR count). The molecule has 0 atom stereocenters. The topological polar surface area (TPSA) is 60.4 Å². The largest absolute Gasteiger partial charge is 0.461 e. The van der Waals surface area contributed by atoms with Crippen LogP contribution in [0.3, 0.4) is 0 Å². The van der Waals surface area contributed by atoms with Crippen LogP contribution < -0.4 is 0 Å². The van der Waals surface area contributed by atoms with Gasteiger partial charge < -0.3 is 14.3 Å². The van der Waals surface area contributed by atoms with Gasteiger partial charge in [-0.05, 0) is 12.0 Å². The van der Waals surface area contributed by atoms with Gasteiger partial charge in [-0.15, -0.1) is 0 Å². The molecule has 0 aliphatic carbocycles. The minimum absolute atomic E-state index is 0.200. The second-order valence-corrected chi connectivity index (χ2v) is 3.94. The lowest BCUT2D eigenvalue weighted by atomic mass is 9.85. The molecule has 0 saturated heterocycles. The smallest absolute Gasteiger partial charge is 0.330 e. The maximum Gasteiger partial charge on any atom is 0.330 e. The van der Waals surface area contributed by atoms with Crippen LogP contribution in [0, 0.1) is 5.41 Å². The van der Waals surface area contributed by atoms with E-state index < -0.39 is 11.4 Å². The first-order chi connectivity index (χ1) is 8.65. The van der Waals surface area contributed by atoms with Crippen molar-refractivity contribution >= 4 is 18.5 Å². The number of aldehydes is 2. The van der Waals surface area contributed by atoms with Gasteiger partial charge in [0.2, 0.25) is 0 Å². The number of carbonyl (C=O) groups is 3. The molecule has 0 aliphatic heterocycles. The first-order valence-corrected chi connectivity index (χ1v) is 5.41. The predicted molar refractivity (Wildman–Crippen MR) is 65.9 cm³/mol. The summed E-state index contributed by atoms with van der Waals surface area (Å²) in [4.78, 5) is 33.2. The Labute approximate surface area is 105 Å². The SMILES string of the molecule is C=CC(=O)OCC(C=O)(C=O)Cc1ccccc1. The Kier molecular flexibility index (Phi) is 4.99. The van der Waals surface area contributed by atoms with Gasteiger partial charge in [0.1, 0.15) is 24.6 Å². The van der Waals surface area contributed by atoms with Crippen LogP contribution >= 0.6 is 0 Å². The van der Waals surface area contributed by atoms with Crippen LogP contribution in [0.15, 0.2) is 43.0 Å². The van der Waals surface area contributed by atoms with E-state index in [9.17, 15) is 14.4 Å². The molecule has 0 heterocycles. The van der Waals surface area contributed by atoms with E-state index in [1.54, 1.807) is 12.1 Å². The van der Waals surface area contributed by atoms with Gasteiger partial charge in [0.25, 0.3) is 0 Å². The molecule has 0 fully saturated rings. The molecular formula is C14H14O4. The molecule has 0 spiro atoms. The second-order valence-electron chi connectivity index (χ2n) is 3.94. The average molecular weight is 246 g/mol. The fraction of sp³-hybridized carbons (Fsp3) is 0.214. The van der Waals surface area contributed by atoms with E-state index in [-0.39, 0.29) is 13.0 Å². The van der Waals surface area contributed by atoms with E-state index in [0.29, 0.717) is 12.6 Å². The number of hydrogen-bond donors (Lipinski definition) is 0. The first-order valence-electron chi connectivity index (χ1n) is 5.41. The lowest BCUT2D eigenvalue weighted by Gasteiger charge is -2.20. The first kappa shape index (κ1) is 13.8. The third-order valence-corrected chi connectivity index (χ3v) is 2.50. The van der Waals surface area contributed by atoms with E-state index in [4.69, 9.17) is 4.74 Å². The standard InChI is InChI=1S/C14H14O4/c1-2-13(17)18-11-14(9-15,10-16)8-12-6-4-3-5-7-12/h2-7,9-10H,1,8,11H2. The van der Waals surface area contributed by atoms with E-state index in [1.807, 2.05) is 18.2 Å². The van der Waals surface area contributed by atoms with Gasteiger partial charge in [-0.1, -0.05) is 36.9 Å². The molecule has 4 heteroatoms. The Morgan fingerprint density at radius 1 is 1.22 bits per heavy atom. The van der Waals surface area contributed by atoms with Crippen molar-refractivity contribution in [2.24, 2.45) is 5.41 Å². The Morgan fingerprint density at radius 2 is 1.83 bits per heavy atom. The number of benzene rings is 1. The molecule has 0 aliphatic rings. The zero-order chi connectivity index (χ0) is 13.4. The minimum Gasteiger partial charge on any atom is -0.461 e. The molecule has 0 unspecified atom stereocenters. The summed E-state index contributed by atoms with van der Waals surface area (Å²) in [6.45, 7) is 2.97. The van der Waals surface area contributed by atoms with E-state index in [0.717, 1.165) is 11.6 Å². The summed E-state index contributed by atoms with van der Waals surface area (Å²) in [6.07, 6.45) is 2.22. The second kappa shape index (κ2) is 6.49. The Balaban J connectivity index is 2.80. The third-order valence-electron chi connectivity index (χ3n) is 2.50. The maximum absolute atomic E-state index is 11.1. The van der Waals surface area contributed by atoms with Gasteiger partial charge in [0, 0.05) is 6.08 Å². The molecular weight excluding hydrogens is 232 g/mol. The van der Waals surface area contributed by atoms with Gasteiger partial charge in [-0.2, -0.15) is 0 Å². The number of hydrogen-bond acceptors (Lipinski definition) is 4. The quantitative estimate of drug-likeness (QED) is 0.315. The van der Waals surface area contributed by atoms with Crippen molar-refractivity contribution in [2.75, 3.05) is 6.61 Å². The van der Waals surface area contributed by atoms with Crippen LogP contribution in [0.4, 0.5) is 0 Å². The Morgan fingerprint density at radius 3 is 2.33 bits per heavy atom. The Bertz CT molecular complexity index is 428. The summed E-state index contributed by atoms with van der Waals surface area (Å²) in [5.74, 6) is -0.656. The molecule has 0 N–H and O–H groups in total. The van der Waals surface area contributed by atoms with E-state index in [2.05, 4.69) is 6.58 Å². The van der Waals surface area contributed by atoms with Gasteiger partial charge in [-0.3, -0.25) is 0 Å². The summed E-state index contributed by atoms with van der Waals surface area (Å²) in [5, 5.41) is 0. The van der Waals surface area contributed by atoms with Crippen LogP contribution in [0.5, 0.6) is 0 Å². The summed E-state index contributed by atoms with van der Waals surface area (Å²) < 4.78 is 4.79. The van der Waals surface area contributed by atoms with Gasteiger partial charge in [0.15, 0.2) is 0 Å². The fourth-order valence-corrected chi connectivity index (χ4v) is 1.47. The lowest BCUT2D eigenvalue weighted by Crippen LogP contribution is -2.34. The minimum atomic E-state index is -1.33. The van der Waals surface area contributed by atoms with Crippen molar-refractivity contribution in [1.82, 2.24) is 0 Å². The van der Waals surface area contributed by atoms with Gasteiger partial charge in [0.05, 0.1) is 0 Å². The van der Waals surface area contributed by atoms with Crippen molar-refractivity contribution in [2.45, 2.75) is 6.42 Å². The molecule has 0 radical (unpaired) electrons. The monoisotopic (exact) mass is 246 g/mol. The van der Waals surface area contributed by atoms with Crippen molar-refractivity contribution < 1.29 is 19.1 Å². The van der Waals surface area contributed by atoms with Crippen molar-refractivity contribution in [1.29, 1.82) is 0 Å². The number of rotatable bonds is 7. The van der Waals surface area contributed by atoms with Crippen LogP contribution in [-0.2, 0) is 25.5 Å². The molecule has 94 valence electrons. The average Bonchev–Trinajstić information content (AvgIpc) is 2.44. The van der Waals surface area contributed by atoms with Crippen molar-refractivity contribution in [3.8, 4) is 0 Å². The van der Waals surface area contributed by atoms with E-state index >= 15 is 0 Å². The van der Waals surface area contributed by atoms with Crippen molar-refractivity contribution in [3.63, 3.8) is 0 Å². The molecule has 18 heavy (non-hydrogen) atoms. The zero-order valence-electron chi connectivity index (χ0n) is 9.87. The van der Waals surface area contributed by atoms with Crippen molar-refractivity contribution in [3.05, 3.63) is 48.6 Å². The number of ether oxygens (including phenoxy) is 1. The highest BCUT2D eigenvalue weighted by Gasteiger charge is 2.31. The highest BCUT2D eigenvalue weighted by Crippen LogP contribution is 2.19. The lowest BCUT2D eigenvalue weighted by molar-refractivity contribution is -0.144. The normalized spacial score (nSPS) is 10.4. The number of esters is 1. The molecule has 0 saturated carbocycles. The number of carbonyl (C=O) groups excluding carboxylic acids is 3. The fourth-order valence-electron chi connectivity index (χ4n) is 1.47. The summed E-state index contributed by atoms with van der Waals surface area (Å²) in [7, 11) is 0. The molecule has 1 aromatic rings. The molecule has 0 aromatic heterocycles. The van der Waals surface area contributed by atoms with Crippen LogP contribution in [0.25, 0.3) is 0 Å². The maximum atomic E-state index is 11.1. The third kappa shape index (κ3) is 3.66. The van der Waals surface area contributed by atoms with Crippen LogP contribution in [0.1, 0.15) is 5.56 Å². The molecule has 1 aromatic carbocycles. The van der Waals surface area contributed by atoms with Crippen LogP contribution in [-0.4, -0.2) is 25.1 Å². The summed E-state index contributed by atoms with van der Waals surface area (Å²) in [5.41, 5.74) is -0.508. The Hall–Kier alpha value is -2.23. The molecule has 0 amide bonds. The highest BCUT2D eigenvalue weighted by atomic mass is 16.5. The van der Waals surface area contributed by atoms with E-state index in [1.165, 1.54) is 0 Å². The summed E-state index contributed by atoms with van der Waals surface area (Å²) >= 11 is 0. The highest BCUT2D eigenvalue weighted by molar-refractivity contribution is 5.86. The predicted octanol–water partition coefficient (Wildman–Crippen LogP) is 1.34. The summed E-state index contributed by atoms with van der Waals surface area (Å²) in [6, 6.07) is 9.07.